The van der Waals surface area contributed by atoms with E-state index in [1.165, 1.54) is 36.4 Å². The smallest absolute Gasteiger partial charge is 0.335 e. The van der Waals surface area contributed by atoms with Crippen molar-refractivity contribution in [1.29, 1.82) is 0 Å². The molecule has 0 aromatic heterocycles. The fourth-order valence-corrected chi connectivity index (χ4v) is 1.79. The van der Waals surface area contributed by atoms with Gasteiger partial charge in [0.05, 0.1) is 16.3 Å². The quantitative estimate of drug-likeness (QED) is 0.849. The highest BCUT2D eigenvalue weighted by Gasteiger charge is 2.08. The Bertz CT molecular complexity index is 661. The van der Waals surface area contributed by atoms with Crippen molar-refractivity contribution in [3.05, 3.63) is 58.4 Å². The Morgan fingerprint density at radius 2 is 2.05 bits per heavy atom. The van der Waals surface area contributed by atoms with Crippen LogP contribution in [0.3, 0.4) is 0 Å². The first kappa shape index (κ1) is 14.1. The molecule has 0 bridgehead atoms. The van der Waals surface area contributed by atoms with Gasteiger partial charge in [0.15, 0.2) is 0 Å². The molecule has 0 aliphatic rings. The maximum Gasteiger partial charge on any atom is 0.335 e. The minimum Gasteiger partial charge on any atom is -0.487 e. The van der Waals surface area contributed by atoms with Crippen LogP contribution in [0.15, 0.2) is 36.4 Å². The monoisotopic (exact) mass is 295 g/mol. The molecule has 4 nitrogen and oxygen atoms in total. The first-order chi connectivity index (χ1) is 9.47. The summed E-state index contributed by atoms with van der Waals surface area (Å²) in [4.78, 5) is 10.9. The number of halogens is 2. The molecule has 0 heterocycles. The van der Waals surface area contributed by atoms with Gasteiger partial charge in [-0.15, -0.1) is 0 Å². The molecule has 0 amide bonds. The van der Waals surface area contributed by atoms with Crippen LogP contribution in [-0.4, -0.2) is 11.1 Å². The van der Waals surface area contributed by atoms with Crippen molar-refractivity contribution < 1.29 is 19.0 Å². The summed E-state index contributed by atoms with van der Waals surface area (Å²) in [5.74, 6) is -1.33. The zero-order chi connectivity index (χ0) is 14.7. The van der Waals surface area contributed by atoms with Crippen LogP contribution in [0.1, 0.15) is 15.9 Å². The molecule has 0 aliphatic carbocycles. The molecule has 6 heteroatoms. The second-order valence-electron chi connectivity index (χ2n) is 4.09. The van der Waals surface area contributed by atoms with Crippen LogP contribution in [0.2, 0.25) is 5.02 Å². The standard InChI is InChI=1S/C14H11ClFNO3/c15-10-5-8(1-3-11(10)16)7-20-13-6-9(14(18)19)2-4-12(13)17/h1-6H,7,17H2,(H,18,19). The Kier molecular flexibility index (Phi) is 4.10. The fraction of sp³-hybridized carbons (Fsp3) is 0.0714. The Hall–Kier alpha value is -2.27. The molecule has 2 aromatic carbocycles. The van der Waals surface area contributed by atoms with E-state index < -0.39 is 11.8 Å². The van der Waals surface area contributed by atoms with Gasteiger partial charge < -0.3 is 15.6 Å². The molecule has 0 aliphatic heterocycles. The minimum absolute atomic E-state index is 0.00152. The fourth-order valence-electron chi connectivity index (χ4n) is 1.58. The average molecular weight is 296 g/mol. The Balaban J connectivity index is 2.15. The van der Waals surface area contributed by atoms with E-state index in [2.05, 4.69) is 0 Å². The number of aromatic carboxylic acids is 1. The molecule has 0 spiro atoms. The molecule has 20 heavy (non-hydrogen) atoms. The third-order valence-corrected chi connectivity index (χ3v) is 2.93. The number of anilines is 1. The van der Waals surface area contributed by atoms with E-state index in [4.69, 9.17) is 27.2 Å². The van der Waals surface area contributed by atoms with Gasteiger partial charge in [0, 0.05) is 0 Å². The number of hydrogen-bond donors (Lipinski definition) is 2. The second kappa shape index (κ2) is 5.79. The van der Waals surface area contributed by atoms with Crippen LogP contribution in [0.25, 0.3) is 0 Å². The molecule has 2 aromatic rings. The van der Waals surface area contributed by atoms with Crippen LogP contribution < -0.4 is 10.5 Å². The van der Waals surface area contributed by atoms with E-state index >= 15 is 0 Å². The first-order valence-electron chi connectivity index (χ1n) is 5.67. The summed E-state index contributed by atoms with van der Waals surface area (Å²) < 4.78 is 18.4. The number of hydrogen-bond acceptors (Lipinski definition) is 3. The van der Waals surface area contributed by atoms with E-state index in [0.717, 1.165) is 0 Å². The van der Waals surface area contributed by atoms with Gasteiger partial charge in [0.1, 0.15) is 18.2 Å². The number of nitrogens with two attached hydrogens (primary N) is 1. The average Bonchev–Trinajstić information content (AvgIpc) is 2.41. The summed E-state index contributed by atoms with van der Waals surface area (Å²) in [7, 11) is 0. The van der Waals surface area contributed by atoms with Crippen molar-refractivity contribution in [1.82, 2.24) is 0 Å². The van der Waals surface area contributed by atoms with Gasteiger partial charge >= 0.3 is 5.97 Å². The SMILES string of the molecule is Nc1ccc(C(=O)O)cc1OCc1ccc(F)c(Cl)c1. The summed E-state index contributed by atoms with van der Waals surface area (Å²) in [6, 6.07) is 8.38. The lowest BCUT2D eigenvalue weighted by Crippen LogP contribution is -2.02. The molecular formula is C14H11ClFNO3. The third kappa shape index (κ3) is 3.19. The first-order valence-corrected chi connectivity index (χ1v) is 6.04. The van der Waals surface area contributed by atoms with Crippen molar-refractivity contribution in [2.24, 2.45) is 0 Å². The van der Waals surface area contributed by atoms with Crippen LogP contribution in [-0.2, 0) is 6.61 Å². The van der Waals surface area contributed by atoms with Crippen molar-refractivity contribution in [3.8, 4) is 5.75 Å². The number of ether oxygens (including phenoxy) is 1. The largest absolute Gasteiger partial charge is 0.487 e. The summed E-state index contributed by atoms with van der Waals surface area (Å²) in [5, 5.41) is 8.90. The van der Waals surface area contributed by atoms with Gasteiger partial charge in [-0.2, -0.15) is 0 Å². The lowest BCUT2D eigenvalue weighted by Gasteiger charge is -2.10. The van der Waals surface area contributed by atoms with Crippen molar-refractivity contribution in [2.75, 3.05) is 5.73 Å². The summed E-state index contributed by atoms with van der Waals surface area (Å²) in [6.07, 6.45) is 0. The van der Waals surface area contributed by atoms with Crippen molar-refractivity contribution in [3.63, 3.8) is 0 Å². The molecule has 104 valence electrons. The maximum absolute atomic E-state index is 13.0. The number of carboxylic acid groups (broad SMARTS) is 1. The van der Waals surface area contributed by atoms with E-state index in [-0.39, 0.29) is 22.9 Å². The molecule has 3 N–H and O–H groups in total. The van der Waals surface area contributed by atoms with Crippen LogP contribution >= 0.6 is 11.6 Å². The van der Waals surface area contributed by atoms with Gasteiger partial charge in [-0.1, -0.05) is 17.7 Å². The Morgan fingerprint density at radius 3 is 2.70 bits per heavy atom. The Morgan fingerprint density at radius 1 is 1.30 bits per heavy atom. The van der Waals surface area contributed by atoms with Gasteiger partial charge in [-0.05, 0) is 35.9 Å². The minimum atomic E-state index is -1.07. The predicted octanol–water partition coefficient (Wildman–Crippen LogP) is 3.34. The number of rotatable bonds is 4. The number of carbonyl (C=O) groups is 1. The van der Waals surface area contributed by atoms with Gasteiger partial charge in [-0.3, -0.25) is 0 Å². The van der Waals surface area contributed by atoms with Gasteiger partial charge in [-0.25, -0.2) is 9.18 Å². The molecule has 0 atom stereocenters. The van der Waals surface area contributed by atoms with E-state index in [9.17, 15) is 9.18 Å². The lowest BCUT2D eigenvalue weighted by molar-refractivity contribution is 0.0696. The van der Waals surface area contributed by atoms with E-state index in [1.807, 2.05) is 0 Å². The van der Waals surface area contributed by atoms with Crippen molar-refractivity contribution >= 4 is 23.3 Å². The molecule has 0 saturated carbocycles. The van der Waals surface area contributed by atoms with E-state index in [0.29, 0.717) is 11.3 Å². The van der Waals surface area contributed by atoms with E-state index in [1.54, 1.807) is 0 Å². The summed E-state index contributed by atoms with van der Waals surface area (Å²) in [6.45, 7) is 0.104. The zero-order valence-electron chi connectivity index (χ0n) is 10.3. The molecule has 0 radical (unpaired) electrons. The number of benzene rings is 2. The van der Waals surface area contributed by atoms with Gasteiger partial charge in [0.25, 0.3) is 0 Å². The molecule has 0 fully saturated rings. The highest BCUT2D eigenvalue weighted by Crippen LogP contribution is 2.24. The number of carboxylic acids is 1. The third-order valence-electron chi connectivity index (χ3n) is 2.64. The Labute approximate surface area is 119 Å². The van der Waals surface area contributed by atoms with Gasteiger partial charge in [0.2, 0.25) is 0 Å². The highest BCUT2D eigenvalue weighted by atomic mass is 35.5. The molecule has 0 unspecified atom stereocenters. The predicted molar refractivity (Wildman–Crippen MR) is 73.6 cm³/mol. The second-order valence-corrected chi connectivity index (χ2v) is 4.50. The van der Waals surface area contributed by atoms with Crippen molar-refractivity contribution in [2.45, 2.75) is 6.61 Å². The topological polar surface area (TPSA) is 72.6 Å². The summed E-state index contributed by atoms with van der Waals surface area (Å²) in [5.41, 5.74) is 6.75. The normalized spacial score (nSPS) is 10.3. The zero-order valence-corrected chi connectivity index (χ0v) is 11.0. The molecule has 2 rings (SSSR count). The molecular weight excluding hydrogens is 285 g/mol. The van der Waals surface area contributed by atoms with Crippen LogP contribution in [0.4, 0.5) is 10.1 Å². The molecule has 0 saturated heterocycles. The highest BCUT2D eigenvalue weighted by molar-refractivity contribution is 6.30. The number of nitrogen functional groups attached to an aromatic ring is 1. The van der Waals surface area contributed by atoms with Crippen LogP contribution in [0, 0.1) is 5.82 Å². The van der Waals surface area contributed by atoms with Crippen LogP contribution in [0.5, 0.6) is 5.75 Å². The maximum atomic E-state index is 13.0. The lowest BCUT2D eigenvalue weighted by atomic mass is 10.2. The summed E-state index contributed by atoms with van der Waals surface area (Å²) >= 11 is 5.66.